The van der Waals surface area contributed by atoms with Crippen LogP contribution in [-0.4, -0.2) is 39.9 Å². The second kappa shape index (κ2) is 6.30. The summed E-state index contributed by atoms with van der Waals surface area (Å²) in [6.45, 7) is 3.21. The van der Waals surface area contributed by atoms with E-state index in [1.54, 1.807) is 30.0 Å². The van der Waals surface area contributed by atoms with Crippen LogP contribution in [0.5, 0.6) is 5.75 Å². The van der Waals surface area contributed by atoms with Gasteiger partial charge in [0.15, 0.2) is 5.69 Å². The molecule has 2 aromatic rings. The number of rotatable bonds is 5. The van der Waals surface area contributed by atoms with Gasteiger partial charge in [0.25, 0.3) is 5.91 Å². The van der Waals surface area contributed by atoms with Gasteiger partial charge in [-0.1, -0.05) is 0 Å². The largest absolute Gasteiger partial charge is 0.497 e. The van der Waals surface area contributed by atoms with Gasteiger partial charge in [0, 0.05) is 5.69 Å². The molecule has 1 aromatic heterocycles. The SMILES string of the molecule is COc1ccc(-n2nc(C(=O)NC(C)C(=O)O)cc2C)cc1. The normalized spacial score (nSPS) is 11.8. The zero-order valence-corrected chi connectivity index (χ0v) is 12.5. The quantitative estimate of drug-likeness (QED) is 0.870. The highest BCUT2D eigenvalue weighted by atomic mass is 16.5. The minimum absolute atomic E-state index is 0.168. The average Bonchev–Trinajstić information content (AvgIpc) is 2.89. The Bertz CT molecular complexity index is 691. The molecule has 7 heteroatoms. The van der Waals surface area contributed by atoms with Crippen LogP contribution in [0.4, 0.5) is 0 Å². The summed E-state index contributed by atoms with van der Waals surface area (Å²) >= 11 is 0. The van der Waals surface area contributed by atoms with Gasteiger partial charge in [0.2, 0.25) is 0 Å². The third-order valence-electron chi connectivity index (χ3n) is 3.16. The smallest absolute Gasteiger partial charge is 0.325 e. The molecule has 1 heterocycles. The standard InChI is InChI=1S/C15H17N3O4/c1-9-8-13(14(19)16-10(2)15(20)21)17-18(9)11-4-6-12(22-3)7-5-11/h4-8,10H,1-3H3,(H,16,19)(H,20,21). The number of benzene rings is 1. The van der Waals surface area contributed by atoms with E-state index in [1.807, 2.05) is 19.1 Å². The third kappa shape index (κ3) is 3.25. The minimum Gasteiger partial charge on any atom is -0.497 e. The molecule has 0 aliphatic heterocycles. The number of carbonyl (C=O) groups is 2. The van der Waals surface area contributed by atoms with Crippen molar-refractivity contribution >= 4 is 11.9 Å². The Morgan fingerprint density at radius 2 is 1.95 bits per heavy atom. The van der Waals surface area contributed by atoms with E-state index >= 15 is 0 Å². The van der Waals surface area contributed by atoms with Crippen LogP contribution in [0.2, 0.25) is 0 Å². The molecule has 0 aliphatic rings. The fourth-order valence-corrected chi connectivity index (χ4v) is 1.90. The number of nitrogens with zero attached hydrogens (tertiary/aromatic N) is 2. The second-order valence-electron chi connectivity index (χ2n) is 4.81. The number of carboxylic acid groups (broad SMARTS) is 1. The number of amides is 1. The Balaban J connectivity index is 2.23. The number of hydrogen-bond donors (Lipinski definition) is 2. The number of carbonyl (C=O) groups excluding carboxylic acids is 1. The van der Waals surface area contributed by atoms with Gasteiger partial charge in [-0.3, -0.25) is 9.59 Å². The summed E-state index contributed by atoms with van der Waals surface area (Å²) in [7, 11) is 1.58. The van der Waals surface area contributed by atoms with Crippen LogP contribution >= 0.6 is 0 Å². The maximum Gasteiger partial charge on any atom is 0.325 e. The van der Waals surface area contributed by atoms with Gasteiger partial charge in [-0.25, -0.2) is 4.68 Å². The number of aromatic nitrogens is 2. The maximum absolute atomic E-state index is 12.0. The fourth-order valence-electron chi connectivity index (χ4n) is 1.90. The first-order chi connectivity index (χ1) is 10.4. The van der Waals surface area contributed by atoms with E-state index in [1.165, 1.54) is 6.92 Å². The topological polar surface area (TPSA) is 93.5 Å². The first-order valence-corrected chi connectivity index (χ1v) is 6.67. The molecule has 0 saturated carbocycles. The Kier molecular flexibility index (Phi) is 4.45. The molecule has 22 heavy (non-hydrogen) atoms. The molecule has 2 rings (SSSR count). The summed E-state index contributed by atoms with van der Waals surface area (Å²) in [5.74, 6) is -0.897. The van der Waals surface area contributed by atoms with Crippen LogP contribution in [-0.2, 0) is 4.79 Å². The molecule has 0 bridgehead atoms. The van der Waals surface area contributed by atoms with Gasteiger partial charge in [0.1, 0.15) is 11.8 Å². The summed E-state index contributed by atoms with van der Waals surface area (Å²) < 4.78 is 6.71. The Labute approximate surface area is 127 Å². The van der Waals surface area contributed by atoms with Crippen LogP contribution < -0.4 is 10.1 Å². The lowest BCUT2D eigenvalue weighted by molar-refractivity contribution is -0.138. The van der Waals surface area contributed by atoms with Gasteiger partial charge in [-0.05, 0) is 44.2 Å². The molecule has 2 N–H and O–H groups in total. The first-order valence-electron chi connectivity index (χ1n) is 6.67. The van der Waals surface area contributed by atoms with Gasteiger partial charge < -0.3 is 15.2 Å². The van der Waals surface area contributed by atoms with E-state index in [2.05, 4.69) is 10.4 Å². The Morgan fingerprint density at radius 3 is 2.50 bits per heavy atom. The predicted molar refractivity (Wildman–Crippen MR) is 79.4 cm³/mol. The third-order valence-corrected chi connectivity index (χ3v) is 3.16. The van der Waals surface area contributed by atoms with Gasteiger partial charge >= 0.3 is 5.97 Å². The molecule has 1 aromatic carbocycles. The van der Waals surface area contributed by atoms with Crippen molar-refractivity contribution in [3.05, 3.63) is 41.7 Å². The monoisotopic (exact) mass is 303 g/mol. The molecule has 0 saturated heterocycles. The van der Waals surface area contributed by atoms with Crippen LogP contribution in [0.25, 0.3) is 5.69 Å². The zero-order valence-electron chi connectivity index (χ0n) is 12.5. The molecule has 0 spiro atoms. The van der Waals surface area contributed by atoms with Crippen LogP contribution in [0.3, 0.4) is 0 Å². The van der Waals surface area contributed by atoms with E-state index in [4.69, 9.17) is 9.84 Å². The Hall–Kier alpha value is -2.83. The number of ether oxygens (including phenoxy) is 1. The van der Waals surface area contributed by atoms with E-state index in [0.717, 1.165) is 17.1 Å². The molecule has 0 fully saturated rings. The van der Waals surface area contributed by atoms with E-state index in [0.29, 0.717) is 0 Å². The van der Waals surface area contributed by atoms with Crippen LogP contribution in [0, 0.1) is 6.92 Å². The molecular formula is C15H17N3O4. The molecular weight excluding hydrogens is 286 g/mol. The van der Waals surface area contributed by atoms with E-state index in [-0.39, 0.29) is 5.69 Å². The van der Waals surface area contributed by atoms with E-state index in [9.17, 15) is 9.59 Å². The summed E-state index contributed by atoms with van der Waals surface area (Å²) in [5, 5.41) is 15.4. The van der Waals surface area contributed by atoms with Gasteiger partial charge in [0.05, 0.1) is 12.8 Å². The van der Waals surface area contributed by atoms with Crippen LogP contribution in [0.1, 0.15) is 23.1 Å². The van der Waals surface area contributed by atoms with Gasteiger partial charge in [-0.2, -0.15) is 5.10 Å². The van der Waals surface area contributed by atoms with Crippen molar-refractivity contribution in [1.82, 2.24) is 15.1 Å². The minimum atomic E-state index is -1.10. The average molecular weight is 303 g/mol. The maximum atomic E-state index is 12.0. The van der Waals surface area contributed by atoms with Gasteiger partial charge in [-0.15, -0.1) is 0 Å². The number of nitrogens with one attached hydrogen (secondary N) is 1. The number of methoxy groups -OCH3 is 1. The highest BCUT2D eigenvalue weighted by Gasteiger charge is 2.18. The second-order valence-corrected chi connectivity index (χ2v) is 4.81. The number of aryl methyl sites for hydroxylation is 1. The van der Waals surface area contributed by atoms with Crippen LogP contribution in [0.15, 0.2) is 30.3 Å². The van der Waals surface area contributed by atoms with Crippen molar-refractivity contribution in [2.75, 3.05) is 7.11 Å². The summed E-state index contributed by atoms with van der Waals surface area (Å²) in [4.78, 5) is 22.8. The molecule has 0 aliphatic carbocycles. The Morgan fingerprint density at radius 1 is 1.32 bits per heavy atom. The molecule has 7 nitrogen and oxygen atoms in total. The van der Waals surface area contributed by atoms with Crippen molar-refractivity contribution in [3.8, 4) is 11.4 Å². The number of aliphatic carboxylic acids is 1. The molecule has 1 atom stereocenters. The lowest BCUT2D eigenvalue weighted by atomic mass is 10.3. The lowest BCUT2D eigenvalue weighted by Crippen LogP contribution is -2.38. The first kappa shape index (κ1) is 15.6. The predicted octanol–water partition coefficient (Wildman–Crippen LogP) is 1.39. The fraction of sp³-hybridized carbons (Fsp3) is 0.267. The molecule has 0 radical (unpaired) electrons. The summed E-state index contributed by atoms with van der Waals surface area (Å²) in [5.41, 5.74) is 1.71. The molecule has 116 valence electrons. The van der Waals surface area contributed by atoms with Crippen molar-refractivity contribution < 1.29 is 19.4 Å². The van der Waals surface area contributed by atoms with E-state index < -0.39 is 17.9 Å². The number of hydrogen-bond acceptors (Lipinski definition) is 4. The van der Waals surface area contributed by atoms with Crippen molar-refractivity contribution in [1.29, 1.82) is 0 Å². The summed E-state index contributed by atoms with van der Waals surface area (Å²) in [6, 6.07) is 7.86. The lowest BCUT2D eigenvalue weighted by Gasteiger charge is -2.07. The molecule has 1 unspecified atom stereocenters. The summed E-state index contributed by atoms with van der Waals surface area (Å²) in [6.07, 6.45) is 0. The number of carboxylic acids is 1. The molecule has 1 amide bonds. The van der Waals surface area contributed by atoms with Crippen molar-refractivity contribution in [3.63, 3.8) is 0 Å². The van der Waals surface area contributed by atoms with Crippen molar-refractivity contribution in [2.24, 2.45) is 0 Å². The van der Waals surface area contributed by atoms with Crippen molar-refractivity contribution in [2.45, 2.75) is 19.9 Å². The highest BCUT2D eigenvalue weighted by molar-refractivity contribution is 5.95. The zero-order chi connectivity index (χ0) is 16.3. The highest BCUT2D eigenvalue weighted by Crippen LogP contribution is 2.16.